The second-order valence-corrected chi connectivity index (χ2v) is 4.17. The quantitative estimate of drug-likeness (QED) is 0.783. The van der Waals surface area contributed by atoms with Crippen molar-refractivity contribution in [2.45, 2.75) is 0 Å². The van der Waals surface area contributed by atoms with Crippen LogP contribution in [-0.4, -0.2) is 31.9 Å². The van der Waals surface area contributed by atoms with Gasteiger partial charge in [0.2, 0.25) is 5.82 Å². The van der Waals surface area contributed by atoms with E-state index in [9.17, 15) is 5.11 Å². The first-order valence-corrected chi connectivity index (χ1v) is 5.88. The van der Waals surface area contributed by atoms with Crippen LogP contribution in [0.5, 0.6) is 11.5 Å². The van der Waals surface area contributed by atoms with Gasteiger partial charge in [-0.15, -0.1) is 0 Å². The predicted octanol–water partition coefficient (Wildman–Crippen LogP) is 1.85. The summed E-state index contributed by atoms with van der Waals surface area (Å²) < 4.78 is 12.1. The molecule has 0 unspecified atom stereocenters. The minimum absolute atomic E-state index is 0.0556. The molecular formula is C13H12N4O3. The number of methoxy groups -OCH3 is 1. The van der Waals surface area contributed by atoms with Crippen molar-refractivity contribution < 1.29 is 14.4 Å². The second-order valence-electron chi connectivity index (χ2n) is 4.17. The Balaban J connectivity index is 2.00. The zero-order chi connectivity index (χ0) is 14.1. The number of rotatable bonds is 3. The van der Waals surface area contributed by atoms with Crippen molar-refractivity contribution in [3.8, 4) is 34.6 Å². The molecule has 0 atom stereocenters. The van der Waals surface area contributed by atoms with Crippen molar-refractivity contribution in [1.29, 1.82) is 0 Å². The van der Waals surface area contributed by atoms with Crippen molar-refractivity contribution in [3.05, 3.63) is 30.6 Å². The molecule has 3 aromatic rings. The number of imidazole rings is 1. The van der Waals surface area contributed by atoms with E-state index >= 15 is 0 Å². The Kier molecular flexibility index (Phi) is 2.86. The number of phenols is 1. The summed E-state index contributed by atoms with van der Waals surface area (Å²) in [5, 5.41) is 13.5. The summed E-state index contributed by atoms with van der Waals surface area (Å²) in [5.74, 6) is 1.76. The summed E-state index contributed by atoms with van der Waals surface area (Å²) in [6, 6.07) is 4.82. The second kappa shape index (κ2) is 4.69. The molecule has 20 heavy (non-hydrogen) atoms. The number of benzene rings is 1. The fourth-order valence-corrected chi connectivity index (χ4v) is 1.82. The lowest BCUT2D eigenvalue weighted by Gasteiger charge is -2.03. The SMILES string of the molecule is COc1cc(-c2nc(-c3nccn3C)no2)ccc1O. The topological polar surface area (TPSA) is 86.2 Å². The first kappa shape index (κ1) is 12.2. The van der Waals surface area contributed by atoms with E-state index in [4.69, 9.17) is 9.26 Å². The van der Waals surface area contributed by atoms with Gasteiger partial charge in [0.05, 0.1) is 7.11 Å². The Morgan fingerprint density at radius 3 is 2.90 bits per heavy atom. The van der Waals surface area contributed by atoms with Crippen molar-refractivity contribution in [2.24, 2.45) is 7.05 Å². The van der Waals surface area contributed by atoms with Crippen molar-refractivity contribution >= 4 is 0 Å². The van der Waals surface area contributed by atoms with Crippen LogP contribution in [0.15, 0.2) is 35.1 Å². The number of hydrogen-bond donors (Lipinski definition) is 1. The highest BCUT2D eigenvalue weighted by Gasteiger charge is 2.15. The van der Waals surface area contributed by atoms with E-state index in [1.807, 2.05) is 7.05 Å². The minimum atomic E-state index is 0.0556. The van der Waals surface area contributed by atoms with Crippen LogP contribution in [0.2, 0.25) is 0 Å². The summed E-state index contributed by atoms with van der Waals surface area (Å²) in [7, 11) is 3.33. The predicted molar refractivity (Wildman–Crippen MR) is 70.2 cm³/mol. The molecule has 2 heterocycles. The average Bonchev–Trinajstić information content (AvgIpc) is 3.08. The average molecular weight is 272 g/mol. The van der Waals surface area contributed by atoms with Gasteiger partial charge in [-0.25, -0.2) is 4.98 Å². The van der Waals surface area contributed by atoms with Gasteiger partial charge in [-0.3, -0.25) is 0 Å². The maximum absolute atomic E-state index is 9.57. The molecule has 0 aliphatic rings. The Hall–Kier alpha value is -2.83. The third-order valence-electron chi connectivity index (χ3n) is 2.87. The van der Waals surface area contributed by atoms with Gasteiger partial charge < -0.3 is 18.9 Å². The fraction of sp³-hybridized carbons (Fsp3) is 0.154. The van der Waals surface area contributed by atoms with Crippen molar-refractivity contribution in [1.82, 2.24) is 19.7 Å². The summed E-state index contributed by atoms with van der Waals surface area (Å²) in [6.45, 7) is 0. The van der Waals surface area contributed by atoms with Gasteiger partial charge in [-0.05, 0) is 18.2 Å². The molecule has 0 aliphatic heterocycles. The molecule has 0 bridgehead atoms. The molecule has 7 nitrogen and oxygen atoms in total. The highest BCUT2D eigenvalue weighted by atomic mass is 16.5. The lowest BCUT2D eigenvalue weighted by Crippen LogP contribution is -1.92. The number of phenolic OH excluding ortho intramolecular Hbond substituents is 1. The molecule has 2 aromatic heterocycles. The lowest BCUT2D eigenvalue weighted by molar-refractivity contribution is 0.373. The van der Waals surface area contributed by atoms with Gasteiger partial charge in [0.25, 0.3) is 5.89 Å². The van der Waals surface area contributed by atoms with Crippen LogP contribution in [-0.2, 0) is 7.05 Å². The van der Waals surface area contributed by atoms with Crippen LogP contribution in [0.4, 0.5) is 0 Å². The molecule has 0 saturated heterocycles. The molecule has 0 amide bonds. The monoisotopic (exact) mass is 272 g/mol. The largest absolute Gasteiger partial charge is 0.504 e. The number of aromatic hydroxyl groups is 1. The summed E-state index contributed by atoms with van der Waals surface area (Å²) >= 11 is 0. The molecule has 0 saturated carbocycles. The van der Waals surface area contributed by atoms with Crippen LogP contribution in [0.3, 0.4) is 0 Å². The Morgan fingerprint density at radius 1 is 1.35 bits per heavy atom. The maximum atomic E-state index is 9.57. The van der Waals surface area contributed by atoms with Gasteiger partial charge in [0.15, 0.2) is 17.3 Å². The van der Waals surface area contributed by atoms with E-state index in [0.717, 1.165) is 0 Å². The standard InChI is InChI=1S/C13H12N4O3/c1-17-6-5-14-12(17)11-15-13(20-16-11)8-3-4-9(18)10(7-8)19-2/h3-7,18H,1-2H3. The molecule has 3 rings (SSSR count). The van der Waals surface area contributed by atoms with Gasteiger partial charge in [-0.1, -0.05) is 5.16 Å². The van der Waals surface area contributed by atoms with Crippen LogP contribution in [0, 0.1) is 0 Å². The summed E-state index contributed by atoms with van der Waals surface area (Å²) in [5.41, 5.74) is 0.660. The lowest BCUT2D eigenvalue weighted by atomic mass is 10.2. The number of hydrogen-bond acceptors (Lipinski definition) is 6. The molecular weight excluding hydrogens is 260 g/mol. The van der Waals surface area contributed by atoms with Crippen LogP contribution >= 0.6 is 0 Å². The maximum Gasteiger partial charge on any atom is 0.258 e. The molecule has 0 aliphatic carbocycles. The van der Waals surface area contributed by atoms with E-state index in [1.54, 1.807) is 29.1 Å². The zero-order valence-corrected chi connectivity index (χ0v) is 10.9. The number of nitrogens with zero attached hydrogens (tertiary/aromatic N) is 4. The first-order valence-electron chi connectivity index (χ1n) is 5.88. The third-order valence-corrected chi connectivity index (χ3v) is 2.87. The summed E-state index contributed by atoms with van der Waals surface area (Å²) in [4.78, 5) is 8.44. The highest BCUT2D eigenvalue weighted by Crippen LogP contribution is 2.31. The zero-order valence-electron chi connectivity index (χ0n) is 10.9. The molecule has 0 spiro atoms. The van der Waals surface area contributed by atoms with E-state index in [1.165, 1.54) is 13.2 Å². The Bertz CT molecular complexity index is 748. The Labute approximate surface area is 114 Å². The van der Waals surface area contributed by atoms with Crippen LogP contribution in [0.25, 0.3) is 23.1 Å². The van der Waals surface area contributed by atoms with Crippen LogP contribution < -0.4 is 4.74 Å². The third kappa shape index (κ3) is 1.99. The molecule has 102 valence electrons. The van der Waals surface area contributed by atoms with Crippen LogP contribution in [0.1, 0.15) is 0 Å². The number of aromatic nitrogens is 4. The molecule has 1 aromatic carbocycles. The van der Waals surface area contributed by atoms with Crippen molar-refractivity contribution in [3.63, 3.8) is 0 Å². The minimum Gasteiger partial charge on any atom is -0.504 e. The van der Waals surface area contributed by atoms with Gasteiger partial charge in [0.1, 0.15) is 0 Å². The molecule has 0 radical (unpaired) electrons. The van der Waals surface area contributed by atoms with E-state index in [2.05, 4.69) is 15.1 Å². The van der Waals surface area contributed by atoms with E-state index in [-0.39, 0.29) is 5.75 Å². The smallest absolute Gasteiger partial charge is 0.258 e. The van der Waals surface area contributed by atoms with Crippen molar-refractivity contribution in [2.75, 3.05) is 7.11 Å². The van der Waals surface area contributed by atoms with Gasteiger partial charge in [-0.2, -0.15) is 4.98 Å². The molecule has 7 heteroatoms. The van der Waals surface area contributed by atoms with Gasteiger partial charge >= 0.3 is 0 Å². The van der Waals surface area contributed by atoms with E-state index in [0.29, 0.717) is 28.9 Å². The normalized spacial score (nSPS) is 10.7. The number of aryl methyl sites for hydroxylation is 1. The summed E-state index contributed by atoms with van der Waals surface area (Å²) in [6.07, 6.45) is 3.46. The molecule has 1 N–H and O–H groups in total. The first-order chi connectivity index (χ1) is 9.69. The highest BCUT2D eigenvalue weighted by molar-refractivity contribution is 5.61. The van der Waals surface area contributed by atoms with E-state index < -0.39 is 0 Å². The number of ether oxygens (including phenoxy) is 1. The Morgan fingerprint density at radius 2 is 2.20 bits per heavy atom. The molecule has 0 fully saturated rings. The fourth-order valence-electron chi connectivity index (χ4n) is 1.82. The van der Waals surface area contributed by atoms with Gasteiger partial charge in [0, 0.05) is 25.0 Å².